The molecule has 0 aromatic heterocycles. The van der Waals surface area contributed by atoms with Crippen molar-refractivity contribution in [3.05, 3.63) is 0 Å². The van der Waals surface area contributed by atoms with Crippen LogP contribution < -0.4 is 10.6 Å². The molecule has 1 aliphatic carbocycles. The maximum atomic E-state index is 12.4. The Morgan fingerprint density at radius 2 is 1.87 bits per heavy atom. The van der Waals surface area contributed by atoms with Crippen molar-refractivity contribution in [2.45, 2.75) is 63.8 Å². The van der Waals surface area contributed by atoms with Gasteiger partial charge in [0.25, 0.3) is 0 Å². The molecule has 0 aromatic carbocycles. The van der Waals surface area contributed by atoms with Crippen LogP contribution >= 0.6 is 0 Å². The zero-order valence-electron chi connectivity index (χ0n) is 14.2. The average Bonchev–Trinajstić information content (AvgIpc) is 3.06. The molecule has 2 N–H and O–H groups in total. The van der Waals surface area contributed by atoms with Crippen molar-refractivity contribution in [1.82, 2.24) is 15.5 Å². The fraction of sp³-hybridized carbons (Fsp3) is 0.889. The second-order valence-corrected chi connectivity index (χ2v) is 7.58. The Morgan fingerprint density at radius 1 is 1.04 bits per heavy atom. The van der Waals surface area contributed by atoms with Crippen LogP contribution in [0.3, 0.4) is 0 Å². The third-order valence-electron chi connectivity index (χ3n) is 5.80. The quantitative estimate of drug-likeness (QED) is 0.782. The zero-order chi connectivity index (χ0) is 16.1. The maximum Gasteiger partial charge on any atom is 0.237 e. The number of hydrogen-bond donors (Lipinski definition) is 2. The second-order valence-electron chi connectivity index (χ2n) is 7.58. The molecule has 2 heterocycles. The summed E-state index contributed by atoms with van der Waals surface area (Å²) in [5, 5.41) is 6.32. The van der Waals surface area contributed by atoms with Crippen LogP contribution in [0.25, 0.3) is 0 Å². The second kappa shape index (κ2) is 8.13. The van der Waals surface area contributed by atoms with Crippen molar-refractivity contribution < 1.29 is 9.59 Å². The van der Waals surface area contributed by atoms with E-state index in [1.54, 1.807) is 0 Å². The molecular formula is C18H31N3O2. The van der Waals surface area contributed by atoms with Crippen LogP contribution in [0.1, 0.15) is 57.8 Å². The van der Waals surface area contributed by atoms with Gasteiger partial charge in [-0.2, -0.15) is 0 Å². The van der Waals surface area contributed by atoms with Gasteiger partial charge >= 0.3 is 0 Å². The van der Waals surface area contributed by atoms with Crippen LogP contribution in [0.5, 0.6) is 0 Å². The monoisotopic (exact) mass is 321 g/mol. The van der Waals surface area contributed by atoms with E-state index >= 15 is 0 Å². The number of hydrogen-bond acceptors (Lipinski definition) is 3. The molecule has 2 atom stereocenters. The Kier molecular flexibility index (Phi) is 5.92. The Balaban J connectivity index is 1.36. The number of carbonyl (C=O) groups is 2. The number of piperidine rings is 1. The summed E-state index contributed by atoms with van der Waals surface area (Å²) in [5.41, 5.74) is 0. The number of carbonyl (C=O) groups excluding carboxylic acids is 2. The van der Waals surface area contributed by atoms with Gasteiger partial charge in [0, 0.05) is 26.1 Å². The number of nitrogens with one attached hydrogen (secondary N) is 2. The molecular weight excluding hydrogens is 290 g/mol. The molecule has 0 bridgehead atoms. The Labute approximate surface area is 139 Å². The molecule has 5 heteroatoms. The van der Waals surface area contributed by atoms with Gasteiger partial charge in [-0.3, -0.25) is 9.59 Å². The summed E-state index contributed by atoms with van der Waals surface area (Å²) in [6.07, 6.45) is 9.99. The van der Waals surface area contributed by atoms with E-state index < -0.39 is 0 Å². The number of nitrogens with zero attached hydrogens (tertiary/aromatic N) is 1. The van der Waals surface area contributed by atoms with E-state index in [0.717, 1.165) is 64.1 Å². The van der Waals surface area contributed by atoms with Crippen LogP contribution in [0, 0.1) is 11.8 Å². The van der Waals surface area contributed by atoms with Crippen molar-refractivity contribution in [3.63, 3.8) is 0 Å². The minimum absolute atomic E-state index is 0.00111. The first-order valence-corrected chi connectivity index (χ1v) is 9.51. The molecule has 0 aromatic rings. The summed E-state index contributed by atoms with van der Waals surface area (Å²) < 4.78 is 0. The third-order valence-corrected chi connectivity index (χ3v) is 5.80. The van der Waals surface area contributed by atoms with Gasteiger partial charge in [0.15, 0.2) is 0 Å². The predicted octanol–water partition coefficient (Wildman–Crippen LogP) is 1.67. The average molecular weight is 321 g/mol. The highest BCUT2D eigenvalue weighted by Crippen LogP contribution is 2.30. The topological polar surface area (TPSA) is 61.4 Å². The van der Waals surface area contributed by atoms with Crippen molar-refractivity contribution in [1.29, 1.82) is 0 Å². The molecule has 23 heavy (non-hydrogen) atoms. The Hall–Kier alpha value is -1.10. The molecule has 130 valence electrons. The predicted molar refractivity (Wildman–Crippen MR) is 89.9 cm³/mol. The molecule has 2 saturated heterocycles. The molecule has 2 aliphatic heterocycles. The first kappa shape index (κ1) is 16.7. The summed E-state index contributed by atoms with van der Waals surface area (Å²) >= 11 is 0. The molecule has 0 spiro atoms. The molecule has 5 nitrogen and oxygen atoms in total. The zero-order valence-corrected chi connectivity index (χ0v) is 14.2. The number of likely N-dealkylation sites (tertiary alicyclic amines) is 1. The van der Waals surface area contributed by atoms with Crippen molar-refractivity contribution >= 4 is 11.8 Å². The summed E-state index contributed by atoms with van der Waals surface area (Å²) in [5.74, 6) is 1.68. The van der Waals surface area contributed by atoms with E-state index in [4.69, 9.17) is 0 Å². The van der Waals surface area contributed by atoms with E-state index in [-0.39, 0.29) is 11.9 Å². The van der Waals surface area contributed by atoms with E-state index in [1.807, 2.05) is 4.90 Å². The highest BCUT2D eigenvalue weighted by molar-refractivity contribution is 5.82. The van der Waals surface area contributed by atoms with Gasteiger partial charge in [-0.15, -0.1) is 0 Å². The molecule has 0 unspecified atom stereocenters. The lowest BCUT2D eigenvalue weighted by molar-refractivity contribution is -0.133. The van der Waals surface area contributed by atoms with Gasteiger partial charge in [-0.05, 0) is 50.5 Å². The summed E-state index contributed by atoms with van der Waals surface area (Å²) in [6, 6.07) is -0.00111. The van der Waals surface area contributed by atoms with Crippen LogP contribution in [0.4, 0.5) is 0 Å². The Bertz CT molecular complexity index is 416. The lowest BCUT2D eigenvalue weighted by Crippen LogP contribution is -2.46. The van der Waals surface area contributed by atoms with Gasteiger partial charge in [0.05, 0.1) is 6.04 Å². The first-order valence-electron chi connectivity index (χ1n) is 9.51. The minimum atomic E-state index is -0.00111. The van der Waals surface area contributed by atoms with Crippen molar-refractivity contribution in [3.8, 4) is 0 Å². The van der Waals surface area contributed by atoms with Gasteiger partial charge in [0.2, 0.25) is 11.8 Å². The third kappa shape index (κ3) is 4.69. The lowest BCUT2D eigenvalue weighted by atomic mass is 9.82. The van der Waals surface area contributed by atoms with Gasteiger partial charge in [-0.1, -0.05) is 19.3 Å². The normalized spacial score (nSPS) is 28.4. The molecule has 0 radical (unpaired) electrons. The van der Waals surface area contributed by atoms with Gasteiger partial charge < -0.3 is 15.5 Å². The Morgan fingerprint density at radius 3 is 2.57 bits per heavy atom. The SMILES string of the molecule is O=C(NC[C@H]1CCCN(C(=O)CCC2CCC2)C1)[C@H]1CCCN1. The van der Waals surface area contributed by atoms with Crippen molar-refractivity contribution in [2.24, 2.45) is 11.8 Å². The van der Waals surface area contributed by atoms with Gasteiger partial charge in [-0.25, -0.2) is 0 Å². The van der Waals surface area contributed by atoms with Crippen molar-refractivity contribution in [2.75, 3.05) is 26.2 Å². The smallest absolute Gasteiger partial charge is 0.237 e. The number of amides is 2. The first-order chi connectivity index (χ1) is 11.2. The molecule has 2 amide bonds. The summed E-state index contributed by atoms with van der Waals surface area (Å²) in [7, 11) is 0. The molecule has 1 saturated carbocycles. The highest BCUT2D eigenvalue weighted by atomic mass is 16.2. The van der Waals surface area contributed by atoms with Gasteiger partial charge in [0.1, 0.15) is 0 Å². The van der Waals surface area contributed by atoms with Crippen LogP contribution in [-0.2, 0) is 9.59 Å². The minimum Gasteiger partial charge on any atom is -0.354 e. The largest absolute Gasteiger partial charge is 0.354 e. The molecule has 3 fully saturated rings. The standard InChI is InChI=1S/C18H31N3O2/c22-17(9-8-14-4-1-5-14)21-11-3-6-15(13-21)12-20-18(23)16-7-2-10-19-16/h14-16,19H,1-13H2,(H,20,23)/t15-,16-/m1/s1. The summed E-state index contributed by atoms with van der Waals surface area (Å²) in [4.78, 5) is 26.5. The van der Waals surface area contributed by atoms with E-state index in [1.165, 1.54) is 19.3 Å². The maximum absolute atomic E-state index is 12.4. The summed E-state index contributed by atoms with van der Waals surface area (Å²) in [6.45, 7) is 3.38. The molecule has 3 aliphatic rings. The lowest BCUT2D eigenvalue weighted by Gasteiger charge is -2.34. The molecule has 3 rings (SSSR count). The van der Waals surface area contributed by atoms with Crippen LogP contribution in [-0.4, -0.2) is 48.9 Å². The van der Waals surface area contributed by atoms with Crippen LogP contribution in [0.15, 0.2) is 0 Å². The van der Waals surface area contributed by atoms with Crippen LogP contribution in [0.2, 0.25) is 0 Å². The van der Waals surface area contributed by atoms with E-state index in [9.17, 15) is 9.59 Å². The van der Waals surface area contributed by atoms with E-state index in [2.05, 4.69) is 10.6 Å². The fourth-order valence-electron chi connectivity index (χ4n) is 4.00. The number of rotatable bonds is 6. The highest BCUT2D eigenvalue weighted by Gasteiger charge is 2.27. The van der Waals surface area contributed by atoms with E-state index in [0.29, 0.717) is 18.4 Å². The fourth-order valence-corrected chi connectivity index (χ4v) is 4.00.